The Kier molecular flexibility index (Phi) is 4.03. The van der Waals surface area contributed by atoms with Gasteiger partial charge in [-0.25, -0.2) is 0 Å². The average molecular weight is 367 g/mol. The Hall–Kier alpha value is -0.790. The quantitative estimate of drug-likeness (QED) is 0.644. The first kappa shape index (κ1) is 17.1. The van der Waals surface area contributed by atoms with Crippen LogP contribution in [0.1, 0.15) is 78.1 Å². The van der Waals surface area contributed by atoms with Gasteiger partial charge in [-0.2, -0.15) is 0 Å². The van der Waals surface area contributed by atoms with Gasteiger partial charge in [0.25, 0.3) is 0 Å². The fourth-order valence-electron chi connectivity index (χ4n) is 9.16. The lowest BCUT2D eigenvalue weighted by molar-refractivity contribution is -0.0101. The summed E-state index contributed by atoms with van der Waals surface area (Å²) in [7, 11) is 0. The van der Waals surface area contributed by atoms with Crippen LogP contribution in [-0.2, 0) is 0 Å². The van der Waals surface area contributed by atoms with Crippen LogP contribution in [0.15, 0.2) is 16.8 Å². The Bertz CT molecular complexity index is 603. The van der Waals surface area contributed by atoms with Crippen molar-refractivity contribution in [2.24, 2.45) is 52.3 Å². The number of rotatable bonds is 4. The second-order valence-electron chi connectivity index (χ2n) is 11.6. The van der Waals surface area contributed by atoms with E-state index in [0.717, 1.165) is 53.4 Å². The highest BCUT2D eigenvalue weighted by atomic mass is 15.0. The van der Waals surface area contributed by atoms with E-state index in [1.165, 1.54) is 69.2 Å². The molecule has 0 aromatic rings. The van der Waals surface area contributed by atoms with Crippen molar-refractivity contribution in [2.75, 3.05) is 0 Å². The van der Waals surface area contributed by atoms with E-state index in [4.69, 9.17) is 4.99 Å². The molecule has 0 aromatic heterocycles. The Morgan fingerprint density at radius 2 is 1.11 bits per heavy atom. The van der Waals surface area contributed by atoms with Gasteiger partial charge in [0.05, 0.1) is 6.04 Å². The SMILES string of the molecule is C/C(=C/C(C)=N/C1C2CC3CC(C2)CC1C3)NC1C2CC3CC(C2)CC1C3. The van der Waals surface area contributed by atoms with Crippen molar-refractivity contribution in [3.8, 4) is 0 Å². The van der Waals surface area contributed by atoms with Crippen LogP contribution in [0.25, 0.3) is 0 Å². The third kappa shape index (κ3) is 3.01. The standard InChI is InChI=1S/C25H38N2/c1-14(26-24-20-6-16-4-17(8-20)9-21(24)7-16)3-15(2)27-25-22-10-18-5-19(12-22)13-23(25)11-18/h3,16-26H,4-13H2,1-2H3/b14-3-,27-15+. The summed E-state index contributed by atoms with van der Waals surface area (Å²) < 4.78 is 0. The number of nitrogens with zero attached hydrogens (tertiary/aromatic N) is 1. The summed E-state index contributed by atoms with van der Waals surface area (Å²) in [5.41, 5.74) is 2.65. The molecule has 0 aliphatic heterocycles. The molecule has 2 heteroatoms. The molecule has 0 radical (unpaired) electrons. The van der Waals surface area contributed by atoms with Crippen molar-refractivity contribution in [3.05, 3.63) is 11.8 Å². The molecule has 0 unspecified atom stereocenters. The molecular formula is C25H38N2. The largest absolute Gasteiger partial charge is 0.385 e. The molecule has 8 saturated carbocycles. The molecule has 8 fully saturated rings. The molecule has 8 aliphatic rings. The van der Waals surface area contributed by atoms with E-state index in [9.17, 15) is 0 Å². The van der Waals surface area contributed by atoms with Crippen molar-refractivity contribution >= 4 is 5.71 Å². The Morgan fingerprint density at radius 1 is 0.667 bits per heavy atom. The van der Waals surface area contributed by atoms with Gasteiger partial charge in [-0.1, -0.05) is 0 Å². The molecule has 0 aromatic carbocycles. The zero-order chi connectivity index (χ0) is 18.1. The average Bonchev–Trinajstić information content (AvgIpc) is 2.60. The second kappa shape index (κ2) is 6.36. The second-order valence-corrected chi connectivity index (χ2v) is 11.6. The zero-order valence-electron chi connectivity index (χ0n) is 17.4. The molecule has 0 amide bonds. The number of hydrogen-bond donors (Lipinski definition) is 1. The molecule has 0 atom stereocenters. The lowest BCUT2D eigenvalue weighted by atomic mass is 9.54. The van der Waals surface area contributed by atoms with Crippen LogP contribution in [0.5, 0.6) is 0 Å². The highest BCUT2D eigenvalue weighted by Crippen LogP contribution is 2.55. The lowest BCUT2D eigenvalue weighted by Gasteiger charge is -2.54. The van der Waals surface area contributed by atoms with E-state index < -0.39 is 0 Å². The lowest BCUT2D eigenvalue weighted by Crippen LogP contribution is -2.54. The third-order valence-corrected chi connectivity index (χ3v) is 9.58. The van der Waals surface area contributed by atoms with Crippen LogP contribution in [0.4, 0.5) is 0 Å². The van der Waals surface area contributed by atoms with Crippen LogP contribution in [-0.4, -0.2) is 17.8 Å². The summed E-state index contributed by atoms with van der Waals surface area (Å²) in [4.78, 5) is 5.30. The molecule has 0 saturated heterocycles. The molecule has 2 nitrogen and oxygen atoms in total. The van der Waals surface area contributed by atoms with Crippen LogP contribution < -0.4 is 5.32 Å². The maximum atomic E-state index is 5.30. The van der Waals surface area contributed by atoms with Gasteiger partial charge in [0, 0.05) is 17.5 Å². The number of nitrogens with one attached hydrogen (secondary N) is 1. The first-order chi connectivity index (χ1) is 13.1. The van der Waals surface area contributed by atoms with Gasteiger partial charge in [-0.05, 0) is 131 Å². The van der Waals surface area contributed by atoms with Crippen LogP contribution >= 0.6 is 0 Å². The fraction of sp³-hybridized carbons (Fsp3) is 0.880. The predicted molar refractivity (Wildman–Crippen MR) is 112 cm³/mol. The monoisotopic (exact) mass is 366 g/mol. The van der Waals surface area contributed by atoms with Gasteiger partial charge < -0.3 is 5.32 Å². The topological polar surface area (TPSA) is 24.4 Å². The van der Waals surface area contributed by atoms with Gasteiger partial charge in [-0.3, -0.25) is 4.99 Å². The molecule has 8 rings (SSSR count). The zero-order valence-corrected chi connectivity index (χ0v) is 17.4. The predicted octanol–water partition coefficient (Wildman–Crippen LogP) is 5.59. The first-order valence-corrected chi connectivity index (χ1v) is 12.1. The van der Waals surface area contributed by atoms with E-state index >= 15 is 0 Å². The van der Waals surface area contributed by atoms with E-state index in [-0.39, 0.29) is 0 Å². The molecule has 8 aliphatic carbocycles. The molecule has 148 valence electrons. The summed E-state index contributed by atoms with van der Waals surface area (Å²) >= 11 is 0. The Labute approximate surface area is 165 Å². The summed E-state index contributed by atoms with van der Waals surface area (Å²) in [6.45, 7) is 4.55. The van der Waals surface area contributed by atoms with Crippen molar-refractivity contribution in [1.29, 1.82) is 0 Å². The van der Waals surface area contributed by atoms with Crippen molar-refractivity contribution in [3.63, 3.8) is 0 Å². The summed E-state index contributed by atoms with van der Waals surface area (Å²) in [5.74, 6) is 7.94. The van der Waals surface area contributed by atoms with Crippen LogP contribution in [0, 0.1) is 47.3 Å². The minimum atomic E-state index is 0.642. The van der Waals surface area contributed by atoms with Crippen molar-refractivity contribution in [1.82, 2.24) is 5.32 Å². The highest BCUT2D eigenvalue weighted by molar-refractivity contribution is 5.93. The molecule has 8 bridgehead atoms. The Morgan fingerprint density at radius 3 is 1.59 bits per heavy atom. The van der Waals surface area contributed by atoms with E-state index in [1.807, 2.05) is 0 Å². The highest BCUT2D eigenvalue weighted by Gasteiger charge is 2.49. The van der Waals surface area contributed by atoms with Gasteiger partial charge in [0.15, 0.2) is 0 Å². The van der Waals surface area contributed by atoms with E-state index in [1.54, 1.807) is 6.42 Å². The van der Waals surface area contributed by atoms with Gasteiger partial charge in [0.1, 0.15) is 0 Å². The molecule has 1 N–H and O–H groups in total. The Balaban J connectivity index is 1.13. The van der Waals surface area contributed by atoms with Crippen LogP contribution in [0.2, 0.25) is 0 Å². The summed E-state index contributed by atoms with van der Waals surface area (Å²) in [6, 6.07) is 1.39. The van der Waals surface area contributed by atoms with E-state index in [0.29, 0.717) is 6.04 Å². The van der Waals surface area contributed by atoms with E-state index in [2.05, 4.69) is 25.2 Å². The maximum Gasteiger partial charge on any atom is 0.0559 e. The van der Waals surface area contributed by atoms with Crippen molar-refractivity contribution < 1.29 is 0 Å². The number of hydrogen-bond acceptors (Lipinski definition) is 2. The normalized spacial score (nSPS) is 53.3. The van der Waals surface area contributed by atoms with Gasteiger partial charge >= 0.3 is 0 Å². The molecule has 27 heavy (non-hydrogen) atoms. The third-order valence-electron chi connectivity index (χ3n) is 9.58. The maximum absolute atomic E-state index is 5.30. The fourth-order valence-corrected chi connectivity index (χ4v) is 9.16. The van der Waals surface area contributed by atoms with Gasteiger partial charge in [0.2, 0.25) is 0 Å². The molecule has 0 heterocycles. The number of aliphatic imine (C=N–C) groups is 1. The minimum Gasteiger partial charge on any atom is -0.385 e. The minimum absolute atomic E-state index is 0.642. The molecule has 0 spiro atoms. The summed E-state index contributed by atoms with van der Waals surface area (Å²) in [5, 5.41) is 3.97. The van der Waals surface area contributed by atoms with Crippen LogP contribution in [0.3, 0.4) is 0 Å². The number of allylic oxidation sites excluding steroid dienone is 2. The molecular weight excluding hydrogens is 328 g/mol. The first-order valence-electron chi connectivity index (χ1n) is 12.1. The summed E-state index contributed by atoms with van der Waals surface area (Å²) in [6.07, 6.45) is 17.4. The van der Waals surface area contributed by atoms with Gasteiger partial charge in [-0.15, -0.1) is 0 Å². The smallest absolute Gasteiger partial charge is 0.0559 e. The van der Waals surface area contributed by atoms with Crippen molar-refractivity contribution in [2.45, 2.75) is 90.1 Å².